The molecule has 0 saturated heterocycles. The number of anilines is 1. The van der Waals surface area contributed by atoms with Gasteiger partial charge in [0.2, 0.25) is 0 Å². The van der Waals surface area contributed by atoms with Crippen LogP contribution in [0.2, 0.25) is 0 Å². The van der Waals surface area contributed by atoms with Crippen molar-refractivity contribution in [3.05, 3.63) is 23.8 Å². The highest BCUT2D eigenvalue weighted by Gasteiger charge is 2.13. The summed E-state index contributed by atoms with van der Waals surface area (Å²) in [7, 11) is 6.85. The molecular formula is C12H18N2O2. The largest absolute Gasteiger partial charge is 0.496 e. The number of carbonyl (C=O) groups is 1. The number of amides is 2. The van der Waals surface area contributed by atoms with Crippen LogP contribution < -0.4 is 9.64 Å². The molecule has 0 saturated carbocycles. The molecule has 0 heterocycles. The lowest BCUT2D eigenvalue weighted by Gasteiger charge is -2.22. The Bertz CT molecular complexity index is 389. The summed E-state index contributed by atoms with van der Waals surface area (Å²) in [5.74, 6) is 0.828. The third-order valence-corrected chi connectivity index (χ3v) is 2.44. The van der Waals surface area contributed by atoms with E-state index in [1.807, 2.05) is 25.1 Å². The third-order valence-electron chi connectivity index (χ3n) is 2.44. The van der Waals surface area contributed by atoms with Gasteiger partial charge in [-0.2, -0.15) is 0 Å². The van der Waals surface area contributed by atoms with Crippen LogP contribution in [0.3, 0.4) is 0 Å². The van der Waals surface area contributed by atoms with Gasteiger partial charge in [-0.15, -0.1) is 0 Å². The molecule has 1 aromatic carbocycles. The topological polar surface area (TPSA) is 32.8 Å². The smallest absolute Gasteiger partial charge is 0.323 e. The van der Waals surface area contributed by atoms with Crippen LogP contribution in [0.5, 0.6) is 5.75 Å². The lowest BCUT2D eigenvalue weighted by atomic mass is 10.2. The van der Waals surface area contributed by atoms with Gasteiger partial charge in [-0.05, 0) is 30.7 Å². The normalized spacial score (nSPS) is 9.81. The average Bonchev–Trinajstić information content (AvgIpc) is 2.26. The molecule has 0 fully saturated rings. The Kier molecular flexibility index (Phi) is 3.77. The summed E-state index contributed by atoms with van der Waals surface area (Å²) < 4.78 is 5.17. The number of methoxy groups -OCH3 is 1. The van der Waals surface area contributed by atoms with E-state index in [0.717, 1.165) is 17.0 Å². The summed E-state index contributed by atoms with van der Waals surface area (Å²) in [6.45, 7) is 1.95. The standard InChI is InChI=1S/C12H18N2O2/c1-9-8-10(6-7-11(9)16-5)14(4)12(15)13(2)3/h6-8H,1-5H3. The number of hydrogen-bond donors (Lipinski definition) is 0. The van der Waals surface area contributed by atoms with Crippen LogP contribution in [0.4, 0.5) is 10.5 Å². The van der Waals surface area contributed by atoms with Gasteiger partial charge in [0.25, 0.3) is 0 Å². The summed E-state index contributed by atoms with van der Waals surface area (Å²) in [5, 5.41) is 0. The fourth-order valence-electron chi connectivity index (χ4n) is 1.48. The van der Waals surface area contributed by atoms with E-state index in [1.165, 1.54) is 0 Å². The van der Waals surface area contributed by atoms with Gasteiger partial charge in [-0.25, -0.2) is 4.79 Å². The van der Waals surface area contributed by atoms with Gasteiger partial charge in [0.05, 0.1) is 7.11 Å². The molecule has 2 amide bonds. The van der Waals surface area contributed by atoms with Crippen LogP contribution in [0, 0.1) is 6.92 Å². The lowest BCUT2D eigenvalue weighted by Crippen LogP contribution is -2.36. The van der Waals surface area contributed by atoms with Crippen LogP contribution >= 0.6 is 0 Å². The second-order valence-electron chi connectivity index (χ2n) is 3.89. The van der Waals surface area contributed by atoms with Gasteiger partial charge in [0, 0.05) is 26.8 Å². The highest BCUT2D eigenvalue weighted by molar-refractivity contribution is 5.91. The Hall–Kier alpha value is -1.71. The lowest BCUT2D eigenvalue weighted by molar-refractivity contribution is 0.225. The number of urea groups is 1. The molecule has 4 heteroatoms. The molecular weight excluding hydrogens is 204 g/mol. The predicted molar refractivity (Wildman–Crippen MR) is 65.2 cm³/mol. The number of aryl methyl sites for hydroxylation is 1. The molecule has 0 unspecified atom stereocenters. The van der Waals surface area contributed by atoms with Crippen LogP contribution in [0.25, 0.3) is 0 Å². The summed E-state index contributed by atoms with van der Waals surface area (Å²) >= 11 is 0. The van der Waals surface area contributed by atoms with Crippen molar-refractivity contribution in [1.82, 2.24) is 4.90 Å². The van der Waals surface area contributed by atoms with E-state index in [-0.39, 0.29) is 6.03 Å². The molecule has 88 valence electrons. The zero-order chi connectivity index (χ0) is 12.3. The minimum Gasteiger partial charge on any atom is -0.496 e. The fourth-order valence-corrected chi connectivity index (χ4v) is 1.48. The van der Waals surface area contributed by atoms with E-state index in [2.05, 4.69) is 0 Å². The number of carbonyl (C=O) groups excluding carboxylic acids is 1. The van der Waals surface area contributed by atoms with Crippen LogP contribution in [-0.4, -0.2) is 39.2 Å². The monoisotopic (exact) mass is 222 g/mol. The Morgan fingerprint density at radius 2 is 1.88 bits per heavy atom. The molecule has 0 N–H and O–H groups in total. The van der Waals surface area contributed by atoms with Crippen LogP contribution in [0.1, 0.15) is 5.56 Å². The molecule has 0 spiro atoms. The predicted octanol–water partition coefficient (Wildman–Crippen LogP) is 2.12. The number of hydrogen-bond acceptors (Lipinski definition) is 2. The molecule has 4 nitrogen and oxygen atoms in total. The van der Waals surface area contributed by atoms with Crippen LogP contribution in [-0.2, 0) is 0 Å². The van der Waals surface area contributed by atoms with Gasteiger partial charge in [-0.1, -0.05) is 0 Å². The number of rotatable bonds is 2. The fraction of sp³-hybridized carbons (Fsp3) is 0.417. The summed E-state index contributed by atoms with van der Waals surface area (Å²) in [6.07, 6.45) is 0. The molecule has 0 aromatic heterocycles. The van der Waals surface area contributed by atoms with Crippen LogP contribution in [0.15, 0.2) is 18.2 Å². The Morgan fingerprint density at radius 1 is 1.25 bits per heavy atom. The van der Waals surface area contributed by atoms with E-state index < -0.39 is 0 Å². The molecule has 0 bridgehead atoms. The summed E-state index contributed by atoms with van der Waals surface area (Å²) in [5.41, 5.74) is 1.87. The van der Waals surface area contributed by atoms with E-state index in [4.69, 9.17) is 4.74 Å². The molecule has 16 heavy (non-hydrogen) atoms. The summed E-state index contributed by atoms with van der Waals surface area (Å²) in [4.78, 5) is 14.9. The van der Waals surface area contributed by atoms with E-state index in [0.29, 0.717) is 0 Å². The first-order chi connectivity index (χ1) is 7.47. The van der Waals surface area contributed by atoms with Gasteiger partial charge in [0.1, 0.15) is 5.75 Å². The molecule has 1 aromatic rings. The van der Waals surface area contributed by atoms with Gasteiger partial charge >= 0.3 is 6.03 Å². The number of nitrogens with zero attached hydrogens (tertiary/aromatic N) is 2. The van der Waals surface area contributed by atoms with Crippen molar-refractivity contribution >= 4 is 11.7 Å². The first kappa shape index (κ1) is 12.4. The summed E-state index contributed by atoms with van der Waals surface area (Å²) in [6, 6.07) is 5.61. The van der Waals surface area contributed by atoms with Crippen molar-refractivity contribution in [2.75, 3.05) is 33.2 Å². The molecule has 0 radical (unpaired) electrons. The molecule has 0 aliphatic rings. The Morgan fingerprint density at radius 3 is 2.31 bits per heavy atom. The highest BCUT2D eigenvalue weighted by Crippen LogP contribution is 2.23. The van der Waals surface area contributed by atoms with E-state index in [9.17, 15) is 4.79 Å². The van der Waals surface area contributed by atoms with Gasteiger partial charge in [-0.3, -0.25) is 4.90 Å². The van der Waals surface area contributed by atoms with E-state index >= 15 is 0 Å². The second kappa shape index (κ2) is 4.88. The average molecular weight is 222 g/mol. The Balaban J connectivity index is 2.97. The first-order valence-corrected chi connectivity index (χ1v) is 5.07. The maximum absolute atomic E-state index is 11.7. The SMILES string of the molecule is COc1ccc(N(C)C(=O)N(C)C)cc1C. The van der Waals surface area contributed by atoms with Gasteiger partial charge in [0.15, 0.2) is 0 Å². The van der Waals surface area contributed by atoms with Crippen molar-refractivity contribution in [2.24, 2.45) is 0 Å². The third kappa shape index (κ3) is 2.45. The second-order valence-corrected chi connectivity index (χ2v) is 3.89. The zero-order valence-electron chi connectivity index (χ0n) is 10.4. The van der Waals surface area contributed by atoms with Crippen molar-refractivity contribution < 1.29 is 9.53 Å². The zero-order valence-corrected chi connectivity index (χ0v) is 10.4. The van der Waals surface area contributed by atoms with E-state index in [1.54, 1.807) is 38.1 Å². The molecule has 0 aliphatic heterocycles. The number of benzene rings is 1. The minimum atomic E-state index is -0.0513. The van der Waals surface area contributed by atoms with Crippen molar-refractivity contribution in [3.8, 4) is 5.75 Å². The minimum absolute atomic E-state index is 0.0513. The highest BCUT2D eigenvalue weighted by atomic mass is 16.5. The maximum Gasteiger partial charge on any atom is 0.323 e. The molecule has 0 aliphatic carbocycles. The first-order valence-electron chi connectivity index (χ1n) is 5.07. The molecule has 0 atom stereocenters. The van der Waals surface area contributed by atoms with Crippen molar-refractivity contribution in [2.45, 2.75) is 6.92 Å². The quantitative estimate of drug-likeness (QED) is 0.768. The van der Waals surface area contributed by atoms with Gasteiger partial charge < -0.3 is 9.64 Å². The number of ether oxygens (including phenoxy) is 1. The molecule has 1 rings (SSSR count). The Labute approximate surface area is 96.4 Å². The maximum atomic E-state index is 11.7. The van der Waals surface area contributed by atoms with Crippen molar-refractivity contribution in [3.63, 3.8) is 0 Å². The van der Waals surface area contributed by atoms with Crippen molar-refractivity contribution in [1.29, 1.82) is 0 Å².